The van der Waals surface area contributed by atoms with Crippen molar-refractivity contribution < 1.29 is 9.53 Å². The number of nitrogens with one attached hydrogen (secondary N) is 2. The predicted octanol–water partition coefficient (Wildman–Crippen LogP) is 3.13. The van der Waals surface area contributed by atoms with E-state index in [1.165, 1.54) is 5.56 Å². The molecule has 1 heterocycles. The summed E-state index contributed by atoms with van der Waals surface area (Å²) in [5, 5.41) is 9.77. The van der Waals surface area contributed by atoms with Gasteiger partial charge in [0.1, 0.15) is 5.75 Å². The van der Waals surface area contributed by atoms with Gasteiger partial charge in [-0.15, -0.1) is 0 Å². The van der Waals surface area contributed by atoms with Crippen molar-refractivity contribution in [3.05, 3.63) is 41.2 Å². The molecule has 1 aromatic heterocycles. The van der Waals surface area contributed by atoms with E-state index in [1.54, 1.807) is 0 Å². The van der Waals surface area contributed by atoms with Gasteiger partial charge in [-0.1, -0.05) is 17.7 Å². The Morgan fingerprint density at radius 1 is 1.24 bits per heavy atom. The highest BCUT2D eigenvalue weighted by Crippen LogP contribution is 2.16. The van der Waals surface area contributed by atoms with Gasteiger partial charge in [0.2, 0.25) is 5.91 Å². The van der Waals surface area contributed by atoms with E-state index in [0.717, 1.165) is 22.8 Å². The predicted molar refractivity (Wildman–Crippen MR) is 82.6 cm³/mol. The lowest BCUT2D eigenvalue weighted by molar-refractivity contribution is -0.116. The monoisotopic (exact) mass is 287 g/mol. The first-order valence-corrected chi connectivity index (χ1v) is 7.07. The molecular formula is C16H21N3O2. The van der Waals surface area contributed by atoms with E-state index in [9.17, 15) is 4.79 Å². The number of aromatic amines is 1. The van der Waals surface area contributed by atoms with Crippen molar-refractivity contribution >= 4 is 11.6 Å². The second-order valence-corrected chi connectivity index (χ2v) is 5.12. The molecule has 21 heavy (non-hydrogen) atoms. The van der Waals surface area contributed by atoms with Crippen LogP contribution in [0.15, 0.2) is 24.3 Å². The van der Waals surface area contributed by atoms with Crippen LogP contribution in [-0.2, 0) is 4.79 Å². The van der Waals surface area contributed by atoms with E-state index in [4.69, 9.17) is 4.74 Å². The number of aromatic nitrogens is 2. The summed E-state index contributed by atoms with van der Waals surface area (Å²) in [6, 6.07) is 7.89. The number of H-pyrrole nitrogens is 1. The maximum Gasteiger partial charge on any atom is 0.224 e. The number of carbonyl (C=O) groups excluding carboxylic acids is 1. The van der Waals surface area contributed by atoms with Gasteiger partial charge in [-0.05, 0) is 39.3 Å². The van der Waals surface area contributed by atoms with Crippen molar-refractivity contribution in [1.29, 1.82) is 0 Å². The van der Waals surface area contributed by atoms with Gasteiger partial charge in [0, 0.05) is 6.42 Å². The fourth-order valence-electron chi connectivity index (χ4n) is 1.99. The van der Waals surface area contributed by atoms with Crippen LogP contribution >= 0.6 is 0 Å². The topological polar surface area (TPSA) is 67.0 Å². The molecule has 0 bridgehead atoms. The Bertz CT molecular complexity index is 583. The summed E-state index contributed by atoms with van der Waals surface area (Å²) < 4.78 is 5.60. The maximum atomic E-state index is 11.9. The van der Waals surface area contributed by atoms with Crippen LogP contribution in [0.2, 0.25) is 0 Å². The summed E-state index contributed by atoms with van der Waals surface area (Å²) in [4.78, 5) is 11.9. The lowest BCUT2D eigenvalue weighted by atomic mass is 10.2. The Morgan fingerprint density at radius 2 is 1.95 bits per heavy atom. The first-order valence-electron chi connectivity index (χ1n) is 7.07. The fraction of sp³-hybridized carbons (Fsp3) is 0.375. The molecule has 0 aliphatic rings. The van der Waals surface area contributed by atoms with Crippen molar-refractivity contribution in [2.45, 2.75) is 33.6 Å². The summed E-state index contributed by atoms with van der Waals surface area (Å²) in [7, 11) is 0. The SMILES string of the molecule is Cc1ccc(OCCCC(=O)Nc2c(C)n[nH]c2C)cc1. The van der Waals surface area contributed by atoms with Crippen LogP contribution in [-0.4, -0.2) is 22.7 Å². The van der Waals surface area contributed by atoms with Gasteiger partial charge < -0.3 is 10.1 Å². The molecule has 1 amide bonds. The molecule has 5 nitrogen and oxygen atoms in total. The van der Waals surface area contributed by atoms with E-state index in [1.807, 2.05) is 45.0 Å². The van der Waals surface area contributed by atoms with Crippen LogP contribution in [0.3, 0.4) is 0 Å². The number of hydrogen-bond donors (Lipinski definition) is 2. The summed E-state index contributed by atoms with van der Waals surface area (Å²) in [5.41, 5.74) is 3.65. The lowest BCUT2D eigenvalue weighted by Crippen LogP contribution is -2.13. The first kappa shape index (κ1) is 15.1. The standard InChI is InChI=1S/C16H21N3O2/c1-11-6-8-14(9-7-11)21-10-4-5-15(20)17-16-12(2)18-19-13(16)3/h6-9H,4-5,10H2,1-3H3,(H,17,20)(H,18,19). The minimum atomic E-state index is -0.0184. The van der Waals surface area contributed by atoms with Crippen molar-refractivity contribution in [2.24, 2.45) is 0 Å². The number of amides is 1. The van der Waals surface area contributed by atoms with Crippen LogP contribution in [0.5, 0.6) is 5.75 Å². The third kappa shape index (κ3) is 4.34. The Kier molecular flexibility index (Phi) is 4.98. The van der Waals surface area contributed by atoms with Crippen LogP contribution in [0.4, 0.5) is 5.69 Å². The summed E-state index contributed by atoms with van der Waals surface area (Å²) in [6.45, 7) is 6.31. The largest absolute Gasteiger partial charge is 0.494 e. The van der Waals surface area contributed by atoms with Gasteiger partial charge in [0.05, 0.1) is 23.7 Å². The Balaban J connectivity index is 1.71. The fourth-order valence-corrected chi connectivity index (χ4v) is 1.99. The molecule has 0 saturated carbocycles. The third-order valence-electron chi connectivity index (χ3n) is 3.23. The van der Waals surface area contributed by atoms with Crippen molar-refractivity contribution in [1.82, 2.24) is 10.2 Å². The Labute approximate surface area is 124 Å². The number of carbonyl (C=O) groups is 1. The van der Waals surface area contributed by atoms with Crippen LogP contribution < -0.4 is 10.1 Å². The highest BCUT2D eigenvalue weighted by atomic mass is 16.5. The van der Waals surface area contributed by atoms with E-state index < -0.39 is 0 Å². The zero-order valence-corrected chi connectivity index (χ0v) is 12.7. The number of hydrogen-bond acceptors (Lipinski definition) is 3. The molecule has 2 N–H and O–H groups in total. The molecule has 1 aromatic carbocycles. The normalized spacial score (nSPS) is 10.4. The number of ether oxygens (including phenoxy) is 1. The van der Waals surface area contributed by atoms with Crippen molar-refractivity contribution in [3.63, 3.8) is 0 Å². The molecule has 0 aliphatic heterocycles. The Morgan fingerprint density at radius 3 is 2.57 bits per heavy atom. The summed E-state index contributed by atoms with van der Waals surface area (Å²) >= 11 is 0. The average Bonchev–Trinajstić information content (AvgIpc) is 2.77. The molecule has 5 heteroatoms. The molecule has 0 unspecified atom stereocenters. The van der Waals surface area contributed by atoms with Crippen LogP contribution in [0.1, 0.15) is 29.8 Å². The minimum absolute atomic E-state index is 0.0184. The molecular weight excluding hydrogens is 266 g/mol. The highest BCUT2D eigenvalue weighted by molar-refractivity contribution is 5.91. The molecule has 0 spiro atoms. The average molecular weight is 287 g/mol. The van der Waals surface area contributed by atoms with Gasteiger partial charge in [0.25, 0.3) is 0 Å². The quantitative estimate of drug-likeness (QED) is 0.802. The second kappa shape index (κ2) is 6.92. The maximum absolute atomic E-state index is 11.9. The smallest absolute Gasteiger partial charge is 0.224 e. The number of anilines is 1. The van der Waals surface area contributed by atoms with Gasteiger partial charge in [-0.25, -0.2) is 0 Å². The van der Waals surface area contributed by atoms with Crippen LogP contribution in [0, 0.1) is 20.8 Å². The zero-order valence-electron chi connectivity index (χ0n) is 12.7. The van der Waals surface area contributed by atoms with Crippen molar-refractivity contribution in [3.8, 4) is 5.75 Å². The Hall–Kier alpha value is -2.30. The summed E-state index contributed by atoms with van der Waals surface area (Å²) in [5.74, 6) is 0.817. The number of aryl methyl sites for hydroxylation is 3. The molecule has 112 valence electrons. The molecule has 0 fully saturated rings. The molecule has 0 saturated heterocycles. The van der Waals surface area contributed by atoms with Gasteiger partial charge in [-0.3, -0.25) is 9.89 Å². The lowest BCUT2D eigenvalue weighted by Gasteiger charge is -2.07. The van der Waals surface area contributed by atoms with Crippen molar-refractivity contribution in [2.75, 3.05) is 11.9 Å². The van der Waals surface area contributed by atoms with Gasteiger partial charge in [0.15, 0.2) is 0 Å². The first-order chi connectivity index (χ1) is 10.1. The number of benzene rings is 1. The summed E-state index contributed by atoms with van der Waals surface area (Å²) in [6.07, 6.45) is 1.10. The van der Waals surface area contributed by atoms with E-state index in [-0.39, 0.29) is 5.91 Å². The van der Waals surface area contributed by atoms with E-state index in [2.05, 4.69) is 15.5 Å². The number of rotatable bonds is 6. The second-order valence-electron chi connectivity index (χ2n) is 5.12. The zero-order chi connectivity index (χ0) is 15.2. The molecule has 2 rings (SSSR count). The highest BCUT2D eigenvalue weighted by Gasteiger charge is 2.09. The number of nitrogens with zero attached hydrogens (tertiary/aromatic N) is 1. The van der Waals surface area contributed by atoms with E-state index in [0.29, 0.717) is 19.4 Å². The van der Waals surface area contributed by atoms with E-state index >= 15 is 0 Å². The molecule has 0 radical (unpaired) electrons. The van der Waals surface area contributed by atoms with Gasteiger partial charge in [-0.2, -0.15) is 5.10 Å². The van der Waals surface area contributed by atoms with Crippen LogP contribution in [0.25, 0.3) is 0 Å². The van der Waals surface area contributed by atoms with Gasteiger partial charge >= 0.3 is 0 Å². The molecule has 2 aromatic rings. The molecule has 0 atom stereocenters. The third-order valence-corrected chi connectivity index (χ3v) is 3.23. The molecule has 0 aliphatic carbocycles. The minimum Gasteiger partial charge on any atom is -0.494 e.